The van der Waals surface area contributed by atoms with E-state index in [-0.39, 0.29) is 35.7 Å². The second-order valence-corrected chi connectivity index (χ2v) is 21.2. The van der Waals surface area contributed by atoms with Crippen LogP contribution in [0.25, 0.3) is 0 Å². The molecule has 0 saturated heterocycles. The van der Waals surface area contributed by atoms with Gasteiger partial charge in [0.05, 0.1) is 21.1 Å². The van der Waals surface area contributed by atoms with Crippen molar-refractivity contribution in [1.82, 2.24) is 0 Å². The van der Waals surface area contributed by atoms with Crippen LogP contribution in [0.2, 0.25) is 0 Å². The summed E-state index contributed by atoms with van der Waals surface area (Å²) in [5.74, 6) is 3.19. The van der Waals surface area contributed by atoms with Gasteiger partial charge in [0.2, 0.25) is 5.60 Å². The van der Waals surface area contributed by atoms with Gasteiger partial charge in [-0.3, -0.25) is 18.7 Å². The Morgan fingerprint density at radius 2 is 0.774 bits per heavy atom. The first-order chi connectivity index (χ1) is 24.5. The van der Waals surface area contributed by atoms with Gasteiger partial charge in [-0.1, -0.05) is 185 Å². The topological polar surface area (TPSA) is 104 Å². The maximum absolute atomic E-state index is 14.1. The van der Waals surface area contributed by atoms with E-state index in [1.54, 1.807) is 21.1 Å². The van der Waals surface area contributed by atoms with Crippen molar-refractivity contribution in [3.05, 3.63) is 0 Å². The molecule has 1 N–H and O–H groups in total. The summed E-state index contributed by atoms with van der Waals surface area (Å²) in [5, 5.41) is 0. The first-order valence-electron chi connectivity index (χ1n) is 22.1. The number of Topliss-reactive ketones (excluding diaryl/α,β-unsaturated/α-hetero) is 2. The fraction of sp³-hybridized carbons (Fsp3) is 0.956. The number of phosphoric ester groups is 1. The Morgan fingerprint density at radius 1 is 0.528 bits per heavy atom. The predicted molar refractivity (Wildman–Crippen MR) is 224 cm³/mol. The number of carbonyl (C=O) groups is 2. The van der Waals surface area contributed by atoms with Crippen LogP contribution in [-0.4, -0.2) is 54.2 Å². The standard InChI is InChI=1S/C45H90NO6P/c1-35(2)20-14-22-37(5)24-16-26-39(7)28-18-30-41(9)32-43(47)45(34-46(11,12)13,52-53(49,50)51)44(48)33-42(10)31-19-29-40(8)27-17-25-38(6)23-15-21-36(3)4/h35-42H,14-34H2,1-13H3,(H-,49,50,51). The van der Waals surface area contributed by atoms with Crippen LogP contribution in [0.4, 0.5) is 0 Å². The lowest BCUT2D eigenvalue weighted by Gasteiger charge is -2.39. The fourth-order valence-electron chi connectivity index (χ4n) is 8.08. The quantitative estimate of drug-likeness (QED) is 0.0397. The van der Waals surface area contributed by atoms with Crippen molar-refractivity contribution in [2.24, 2.45) is 47.3 Å². The number of phosphoric acid groups is 1. The molecule has 0 amide bonds. The van der Waals surface area contributed by atoms with E-state index in [1.807, 2.05) is 13.8 Å². The number of carbonyl (C=O) groups excluding carboxylic acids is 2. The fourth-order valence-corrected chi connectivity index (χ4v) is 8.74. The first-order valence-corrected chi connectivity index (χ1v) is 23.6. The third-order valence-electron chi connectivity index (χ3n) is 11.5. The van der Waals surface area contributed by atoms with Gasteiger partial charge >= 0.3 is 0 Å². The van der Waals surface area contributed by atoms with E-state index >= 15 is 0 Å². The van der Waals surface area contributed by atoms with Crippen molar-refractivity contribution in [1.29, 1.82) is 0 Å². The molecule has 7 atom stereocenters. The Balaban J connectivity index is 5.17. The molecule has 7 nitrogen and oxygen atoms in total. The molecule has 7 unspecified atom stereocenters. The minimum absolute atomic E-state index is 0.0365. The number of likely N-dealkylation sites (N-methyl/N-ethyl adjacent to an activating group) is 1. The molecule has 0 fully saturated rings. The molecule has 0 aliphatic rings. The Kier molecular flexibility index (Phi) is 26.8. The minimum atomic E-state index is -5.40. The molecule has 0 heterocycles. The van der Waals surface area contributed by atoms with Crippen molar-refractivity contribution in [3.8, 4) is 0 Å². The summed E-state index contributed by atoms with van der Waals surface area (Å²) in [6, 6.07) is 0. The van der Waals surface area contributed by atoms with E-state index in [1.165, 1.54) is 77.0 Å². The number of hydrogen-bond donors (Lipinski definition) is 1. The van der Waals surface area contributed by atoms with Crippen molar-refractivity contribution < 1.29 is 32.9 Å². The van der Waals surface area contributed by atoms with Gasteiger partial charge in [-0.05, 0) is 47.3 Å². The SMILES string of the molecule is CC(C)CCCC(C)CCCC(C)CCCC(C)CC(=O)C(C[N+](C)(C)C)(OP(=O)([O-])O)C(=O)CC(C)CCCC(C)CCCC(C)CCCC(C)C. The molecule has 53 heavy (non-hydrogen) atoms. The summed E-state index contributed by atoms with van der Waals surface area (Å²) in [6.45, 7) is 22.4. The zero-order valence-electron chi connectivity index (χ0n) is 37.4. The lowest BCUT2D eigenvalue weighted by Crippen LogP contribution is -2.60. The minimum Gasteiger partial charge on any atom is -0.756 e. The third kappa shape index (κ3) is 27.6. The van der Waals surface area contributed by atoms with E-state index in [2.05, 4.69) is 55.4 Å². The van der Waals surface area contributed by atoms with E-state index in [9.17, 15) is 23.9 Å². The van der Waals surface area contributed by atoms with Crippen LogP contribution in [0.1, 0.15) is 198 Å². The highest BCUT2D eigenvalue weighted by Crippen LogP contribution is 2.41. The van der Waals surface area contributed by atoms with Gasteiger partial charge in [-0.2, -0.15) is 0 Å². The summed E-state index contributed by atoms with van der Waals surface area (Å²) >= 11 is 0. The molecule has 0 saturated carbocycles. The van der Waals surface area contributed by atoms with Crippen molar-refractivity contribution in [2.45, 2.75) is 203 Å². The van der Waals surface area contributed by atoms with Crippen LogP contribution in [0, 0.1) is 47.3 Å². The second-order valence-electron chi connectivity index (χ2n) is 20.1. The van der Waals surface area contributed by atoms with E-state index in [0.29, 0.717) is 11.8 Å². The predicted octanol–water partition coefficient (Wildman–Crippen LogP) is 12.0. The smallest absolute Gasteiger partial charge is 0.266 e. The molecular formula is C45H90NO6P. The normalized spacial score (nSPS) is 18.3. The highest BCUT2D eigenvalue weighted by atomic mass is 31.2. The Hall–Kier alpha value is -0.590. The molecule has 0 aliphatic carbocycles. The van der Waals surface area contributed by atoms with E-state index in [4.69, 9.17) is 4.52 Å². The van der Waals surface area contributed by atoms with Crippen LogP contribution < -0.4 is 4.89 Å². The van der Waals surface area contributed by atoms with E-state index < -0.39 is 25.0 Å². The third-order valence-corrected chi connectivity index (χ3v) is 12.0. The molecule has 316 valence electrons. The molecule has 0 rings (SSSR count). The molecule has 0 radical (unpaired) electrons. The van der Waals surface area contributed by atoms with Gasteiger partial charge in [0.1, 0.15) is 6.54 Å². The molecular weight excluding hydrogens is 681 g/mol. The molecule has 0 aromatic heterocycles. The van der Waals surface area contributed by atoms with Crippen molar-refractivity contribution in [2.75, 3.05) is 27.7 Å². The second kappa shape index (κ2) is 27.1. The van der Waals surface area contributed by atoms with Crippen molar-refractivity contribution >= 4 is 19.4 Å². The number of nitrogens with zero attached hydrogens (tertiary/aromatic N) is 1. The van der Waals surface area contributed by atoms with E-state index in [0.717, 1.165) is 62.2 Å². The average molecular weight is 772 g/mol. The molecule has 8 heteroatoms. The van der Waals surface area contributed by atoms with Crippen LogP contribution in [0.3, 0.4) is 0 Å². The zero-order valence-corrected chi connectivity index (χ0v) is 38.2. The number of ketones is 2. The highest BCUT2D eigenvalue weighted by molar-refractivity contribution is 7.44. The maximum Gasteiger partial charge on any atom is 0.266 e. The largest absolute Gasteiger partial charge is 0.756 e. The van der Waals surface area contributed by atoms with Gasteiger partial charge in [0.15, 0.2) is 11.6 Å². The molecule has 0 aromatic rings. The lowest BCUT2D eigenvalue weighted by molar-refractivity contribution is -0.874. The molecule has 0 aromatic carbocycles. The Bertz CT molecular complexity index is 959. The molecule has 0 bridgehead atoms. The highest BCUT2D eigenvalue weighted by Gasteiger charge is 2.52. The van der Waals surface area contributed by atoms with Gasteiger partial charge in [0, 0.05) is 12.8 Å². The summed E-state index contributed by atoms with van der Waals surface area (Å²) in [6.07, 6.45) is 21.2. The van der Waals surface area contributed by atoms with Crippen LogP contribution in [0.5, 0.6) is 0 Å². The Labute approximate surface area is 329 Å². The first kappa shape index (κ1) is 52.4. The molecule has 0 spiro atoms. The van der Waals surface area contributed by atoms with Gasteiger partial charge in [-0.15, -0.1) is 0 Å². The van der Waals surface area contributed by atoms with Crippen LogP contribution >= 0.6 is 7.82 Å². The zero-order chi connectivity index (χ0) is 40.8. The average Bonchev–Trinajstić information content (AvgIpc) is 2.98. The monoisotopic (exact) mass is 772 g/mol. The van der Waals surface area contributed by atoms with Crippen LogP contribution in [0.15, 0.2) is 0 Å². The summed E-state index contributed by atoms with van der Waals surface area (Å²) < 4.78 is 17.7. The number of hydrogen-bond acceptors (Lipinski definition) is 5. The van der Waals surface area contributed by atoms with Gasteiger partial charge in [-0.25, -0.2) is 0 Å². The number of rotatable bonds is 34. The number of quaternary nitrogens is 1. The van der Waals surface area contributed by atoms with Gasteiger partial charge < -0.3 is 14.3 Å². The lowest BCUT2D eigenvalue weighted by atomic mass is 9.81. The van der Waals surface area contributed by atoms with Gasteiger partial charge in [0.25, 0.3) is 7.82 Å². The van der Waals surface area contributed by atoms with Crippen molar-refractivity contribution in [3.63, 3.8) is 0 Å². The summed E-state index contributed by atoms with van der Waals surface area (Å²) in [5.41, 5.74) is -2.23. The Morgan fingerprint density at radius 3 is 1.00 bits per heavy atom. The summed E-state index contributed by atoms with van der Waals surface area (Å²) in [4.78, 5) is 50.4. The molecule has 0 aliphatic heterocycles. The maximum atomic E-state index is 14.1. The summed E-state index contributed by atoms with van der Waals surface area (Å²) in [7, 11) is 0.0209. The van der Waals surface area contributed by atoms with Crippen LogP contribution in [-0.2, 0) is 18.7 Å².